The summed E-state index contributed by atoms with van der Waals surface area (Å²) in [5, 5.41) is 2.94. The summed E-state index contributed by atoms with van der Waals surface area (Å²) >= 11 is 8.96. The van der Waals surface area contributed by atoms with Crippen LogP contribution >= 0.6 is 27.5 Å². The lowest BCUT2D eigenvalue weighted by molar-refractivity contribution is -0.137. The highest BCUT2D eigenvalue weighted by Gasteiger charge is 2.30. The molecule has 0 radical (unpaired) electrons. The normalized spacial score (nSPS) is 11.5. The van der Waals surface area contributed by atoms with Crippen molar-refractivity contribution in [1.82, 2.24) is 0 Å². The van der Waals surface area contributed by atoms with Crippen LogP contribution in [0, 0.1) is 5.82 Å². The molecular formula is C14H9BrClF4N. The Kier molecular flexibility index (Phi) is 4.78. The van der Waals surface area contributed by atoms with Gasteiger partial charge in [-0.25, -0.2) is 4.39 Å². The second kappa shape index (κ2) is 6.23. The van der Waals surface area contributed by atoms with Crippen LogP contribution in [0.25, 0.3) is 0 Å². The molecule has 0 aliphatic heterocycles. The summed E-state index contributed by atoms with van der Waals surface area (Å²) < 4.78 is 51.6. The number of alkyl halides is 3. The second-order valence-corrected chi connectivity index (χ2v) is 5.46. The Morgan fingerprint density at radius 2 is 1.86 bits per heavy atom. The lowest BCUT2D eigenvalue weighted by Gasteiger charge is -2.13. The maximum atomic E-state index is 13.4. The van der Waals surface area contributed by atoms with Crippen LogP contribution in [0.1, 0.15) is 11.1 Å². The summed E-state index contributed by atoms with van der Waals surface area (Å²) in [5.74, 6) is -0.440. The van der Waals surface area contributed by atoms with Gasteiger partial charge in [-0.2, -0.15) is 13.2 Å². The third-order valence-corrected chi connectivity index (χ3v) is 4.01. The van der Waals surface area contributed by atoms with Gasteiger partial charge in [-0.3, -0.25) is 0 Å². The van der Waals surface area contributed by atoms with Gasteiger partial charge in [0.05, 0.1) is 20.7 Å². The lowest BCUT2D eigenvalue weighted by atomic mass is 10.1. The molecule has 2 aromatic carbocycles. The molecule has 21 heavy (non-hydrogen) atoms. The predicted molar refractivity (Wildman–Crippen MR) is 77.9 cm³/mol. The van der Waals surface area contributed by atoms with Crippen molar-refractivity contribution >= 4 is 33.2 Å². The molecule has 0 aromatic heterocycles. The van der Waals surface area contributed by atoms with Gasteiger partial charge in [0.25, 0.3) is 0 Å². The Balaban J connectivity index is 2.22. The van der Waals surface area contributed by atoms with E-state index < -0.39 is 17.6 Å². The fourth-order valence-corrected chi connectivity index (χ4v) is 2.30. The van der Waals surface area contributed by atoms with Gasteiger partial charge in [-0.05, 0) is 45.8 Å². The summed E-state index contributed by atoms with van der Waals surface area (Å²) in [5.41, 5.74) is -0.0844. The molecule has 0 saturated carbocycles. The molecule has 0 fully saturated rings. The summed E-state index contributed by atoms with van der Waals surface area (Å²) in [4.78, 5) is 0. The van der Waals surface area contributed by atoms with E-state index in [1.54, 1.807) is 6.07 Å². The fraction of sp³-hybridized carbons (Fsp3) is 0.143. The highest BCUT2D eigenvalue weighted by Crippen LogP contribution is 2.34. The zero-order valence-corrected chi connectivity index (χ0v) is 12.8. The number of rotatable bonds is 3. The Hall–Kier alpha value is -1.27. The van der Waals surface area contributed by atoms with E-state index in [1.165, 1.54) is 18.2 Å². The van der Waals surface area contributed by atoms with Gasteiger partial charge in [0.2, 0.25) is 0 Å². The van der Waals surface area contributed by atoms with Crippen molar-refractivity contribution in [2.75, 3.05) is 5.32 Å². The van der Waals surface area contributed by atoms with Crippen molar-refractivity contribution < 1.29 is 17.6 Å². The van der Waals surface area contributed by atoms with Gasteiger partial charge in [-0.1, -0.05) is 23.7 Å². The van der Waals surface area contributed by atoms with Gasteiger partial charge >= 0.3 is 6.18 Å². The average molecular weight is 383 g/mol. The first-order valence-corrected chi connectivity index (χ1v) is 6.99. The Labute approximate surface area is 132 Å². The minimum Gasteiger partial charge on any atom is -0.380 e. The van der Waals surface area contributed by atoms with Crippen molar-refractivity contribution in [3.8, 4) is 0 Å². The zero-order valence-electron chi connectivity index (χ0n) is 10.4. The number of benzene rings is 2. The number of anilines is 1. The topological polar surface area (TPSA) is 12.0 Å². The van der Waals surface area contributed by atoms with E-state index in [4.69, 9.17) is 11.6 Å². The van der Waals surface area contributed by atoms with Gasteiger partial charge in [0.1, 0.15) is 5.82 Å². The van der Waals surface area contributed by atoms with Gasteiger partial charge in [0, 0.05) is 6.54 Å². The highest BCUT2D eigenvalue weighted by molar-refractivity contribution is 9.10. The van der Waals surface area contributed by atoms with E-state index in [0.717, 1.165) is 12.1 Å². The van der Waals surface area contributed by atoms with Crippen LogP contribution in [0.4, 0.5) is 23.2 Å². The van der Waals surface area contributed by atoms with E-state index in [9.17, 15) is 17.6 Å². The third kappa shape index (κ3) is 3.89. The molecule has 2 rings (SSSR count). The van der Waals surface area contributed by atoms with Gasteiger partial charge < -0.3 is 5.32 Å². The minimum atomic E-state index is -4.44. The first kappa shape index (κ1) is 16.1. The molecule has 0 heterocycles. The van der Waals surface area contributed by atoms with Crippen LogP contribution < -0.4 is 5.32 Å². The molecule has 1 N–H and O–H groups in total. The van der Waals surface area contributed by atoms with Crippen molar-refractivity contribution in [2.24, 2.45) is 0 Å². The van der Waals surface area contributed by atoms with Crippen molar-refractivity contribution in [1.29, 1.82) is 0 Å². The number of halogens is 6. The van der Waals surface area contributed by atoms with Crippen molar-refractivity contribution in [2.45, 2.75) is 12.7 Å². The van der Waals surface area contributed by atoms with Gasteiger partial charge in [-0.15, -0.1) is 0 Å². The summed E-state index contributed by atoms with van der Waals surface area (Å²) in [7, 11) is 0. The van der Waals surface area contributed by atoms with Crippen LogP contribution in [0.3, 0.4) is 0 Å². The van der Waals surface area contributed by atoms with Crippen LogP contribution in [-0.4, -0.2) is 0 Å². The molecular weight excluding hydrogens is 374 g/mol. The molecule has 0 spiro atoms. The molecule has 0 atom stereocenters. The molecule has 0 saturated heterocycles. The first-order chi connectivity index (χ1) is 9.79. The summed E-state index contributed by atoms with van der Waals surface area (Å²) in [6.45, 7) is 0.138. The largest absolute Gasteiger partial charge is 0.416 e. The fourth-order valence-electron chi connectivity index (χ4n) is 1.71. The Morgan fingerprint density at radius 3 is 2.52 bits per heavy atom. The molecule has 112 valence electrons. The molecule has 0 bridgehead atoms. The maximum Gasteiger partial charge on any atom is 0.416 e. The summed E-state index contributed by atoms with van der Waals surface area (Å²) in [6.07, 6.45) is -4.44. The molecule has 0 aliphatic rings. The van der Waals surface area contributed by atoms with E-state index in [-0.39, 0.29) is 21.7 Å². The van der Waals surface area contributed by atoms with E-state index in [2.05, 4.69) is 21.2 Å². The average Bonchev–Trinajstić information content (AvgIpc) is 2.40. The second-order valence-electron chi connectivity index (χ2n) is 4.26. The monoisotopic (exact) mass is 381 g/mol. The predicted octanol–water partition coefficient (Wildman–Crippen LogP) is 5.87. The molecule has 7 heteroatoms. The van der Waals surface area contributed by atoms with E-state index in [0.29, 0.717) is 5.56 Å². The standard InChI is InChI=1S/C14H9BrClF4N/c15-13-8(2-1-3-11(13)17)7-21-12-6-9(14(18,19)20)4-5-10(12)16/h1-6,21H,7H2. The number of nitrogens with one attached hydrogen (secondary N) is 1. The Morgan fingerprint density at radius 1 is 1.14 bits per heavy atom. The van der Waals surface area contributed by atoms with Crippen LogP contribution in [0.2, 0.25) is 5.02 Å². The van der Waals surface area contributed by atoms with Crippen molar-refractivity contribution in [3.63, 3.8) is 0 Å². The van der Waals surface area contributed by atoms with Crippen LogP contribution in [0.15, 0.2) is 40.9 Å². The summed E-state index contributed by atoms with van der Waals surface area (Å²) in [6, 6.07) is 7.46. The van der Waals surface area contributed by atoms with E-state index >= 15 is 0 Å². The van der Waals surface area contributed by atoms with Crippen LogP contribution in [0.5, 0.6) is 0 Å². The highest BCUT2D eigenvalue weighted by atomic mass is 79.9. The first-order valence-electron chi connectivity index (χ1n) is 5.82. The SMILES string of the molecule is Fc1cccc(CNc2cc(C(F)(F)F)ccc2Cl)c1Br. The molecule has 0 aliphatic carbocycles. The number of hydrogen-bond donors (Lipinski definition) is 1. The molecule has 0 amide bonds. The van der Waals surface area contributed by atoms with Crippen LogP contribution in [-0.2, 0) is 12.7 Å². The minimum absolute atomic E-state index is 0.138. The quantitative estimate of drug-likeness (QED) is 0.654. The smallest absolute Gasteiger partial charge is 0.380 e. The Bertz CT molecular complexity index is 658. The molecule has 2 aromatic rings. The number of hydrogen-bond acceptors (Lipinski definition) is 1. The third-order valence-electron chi connectivity index (χ3n) is 2.79. The lowest BCUT2D eigenvalue weighted by Crippen LogP contribution is -2.07. The van der Waals surface area contributed by atoms with Crippen molar-refractivity contribution in [3.05, 3.63) is 62.8 Å². The molecule has 0 unspecified atom stereocenters. The van der Waals surface area contributed by atoms with E-state index in [1.807, 2.05) is 0 Å². The molecule has 1 nitrogen and oxygen atoms in total. The maximum absolute atomic E-state index is 13.4. The van der Waals surface area contributed by atoms with Gasteiger partial charge in [0.15, 0.2) is 0 Å². The zero-order chi connectivity index (χ0) is 15.6.